The van der Waals surface area contributed by atoms with Gasteiger partial charge in [-0.3, -0.25) is 9.59 Å². The predicted molar refractivity (Wildman–Crippen MR) is 76.6 cm³/mol. The van der Waals surface area contributed by atoms with Crippen molar-refractivity contribution < 1.29 is 14.3 Å². The molecule has 1 aromatic rings. The van der Waals surface area contributed by atoms with Gasteiger partial charge in [-0.1, -0.05) is 31.5 Å². The number of aromatic nitrogens is 1. The van der Waals surface area contributed by atoms with Crippen LogP contribution in [0.5, 0.6) is 0 Å². The molecule has 0 spiro atoms. The van der Waals surface area contributed by atoms with Crippen molar-refractivity contribution in [1.82, 2.24) is 9.88 Å². The molecule has 20 heavy (non-hydrogen) atoms. The van der Waals surface area contributed by atoms with E-state index in [1.807, 2.05) is 13.8 Å². The van der Waals surface area contributed by atoms with Crippen molar-refractivity contribution in [3.8, 4) is 0 Å². The Hall–Kier alpha value is -1.62. The van der Waals surface area contributed by atoms with Gasteiger partial charge in [-0.25, -0.2) is 4.98 Å². The van der Waals surface area contributed by atoms with Gasteiger partial charge in [0.25, 0.3) is 5.91 Å². The molecule has 0 saturated carbocycles. The molecular weight excluding hydrogens is 280 g/mol. The minimum Gasteiger partial charge on any atom is -0.469 e. The average molecular weight is 299 g/mol. The van der Waals surface area contributed by atoms with E-state index in [1.54, 1.807) is 23.1 Å². The minimum absolute atomic E-state index is 0.162. The maximum atomic E-state index is 12.4. The number of carbonyl (C=O) groups is 2. The maximum absolute atomic E-state index is 12.4. The first-order valence-corrected chi connectivity index (χ1v) is 6.80. The number of rotatable bonds is 6. The summed E-state index contributed by atoms with van der Waals surface area (Å²) in [5.74, 6) is -0.286. The van der Waals surface area contributed by atoms with E-state index < -0.39 is 0 Å². The van der Waals surface area contributed by atoms with E-state index in [1.165, 1.54) is 7.11 Å². The summed E-state index contributed by atoms with van der Waals surface area (Å²) in [7, 11) is 1.33. The number of methoxy groups -OCH3 is 1. The molecule has 1 rings (SSSR count). The number of ether oxygens (including phenoxy) is 1. The predicted octanol–water partition coefficient (Wildman–Crippen LogP) is 2.40. The van der Waals surface area contributed by atoms with E-state index in [0.29, 0.717) is 13.1 Å². The molecule has 0 unspecified atom stereocenters. The van der Waals surface area contributed by atoms with Crippen LogP contribution in [0.3, 0.4) is 0 Å². The zero-order valence-corrected chi connectivity index (χ0v) is 12.7. The molecule has 0 saturated heterocycles. The summed E-state index contributed by atoms with van der Waals surface area (Å²) in [6.45, 7) is 4.86. The van der Waals surface area contributed by atoms with Crippen LogP contribution in [0.1, 0.15) is 30.8 Å². The van der Waals surface area contributed by atoms with Crippen LogP contribution in [0.15, 0.2) is 18.2 Å². The fourth-order valence-corrected chi connectivity index (χ4v) is 1.90. The molecule has 0 fully saturated rings. The molecule has 0 radical (unpaired) electrons. The molecule has 0 aliphatic rings. The summed E-state index contributed by atoms with van der Waals surface area (Å²) >= 11 is 5.79. The summed E-state index contributed by atoms with van der Waals surface area (Å²) in [6.07, 6.45) is 0.162. The SMILES string of the molecule is COC(=O)CCN(CC(C)C)C(=O)c1cccc(Cl)n1. The van der Waals surface area contributed by atoms with Crippen molar-refractivity contribution >= 4 is 23.5 Å². The molecule has 0 aliphatic heterocycles. The van der Waals surface area contributed by atoms with Crippen LogP contribution in [-0.2, 0) is 9.53 Å². The van der Waals surface area contributed by atoms with Crippen molar-refractivity contribution in [2.75, 3.05) is 20.2 Å². The standard InChI is InChI=1S/C14H19ClN2O3/c1-10(2)9-17(8-7-13(18)20-3)14(19)11-5-4-6-12(15)16-11/h4-6,10H,7-9H2,1-3H3. The molecule has 1 aromatic heterocycles. The van der Waals surface area contributed by atoms with Crippen molar-refractivity contribution in [3.63, 3.8) is 0 Å². The second kappa shape index (κ2) is 7.85. The first kappa shape index (κ1) is 16.4. The summed E-state index contributed by atoms with van der Waals surface area (Å²) in [4.78, 5) is 29.2. The molecule has 1 heterocycles. The van der Waals surface area contributed by atoms with Crippen molar-refractivity contribution in [3.05, 3.63) is 29.0 Å². The van der Waals surface area contributed by atoms with Gasteiger partial charge in [0.1, 0.15) is 10.8 Å². The van der Waals surface area contributed by atoms with Crippen LogP contribution in [0.4, 0.5) is 0 Å². The van der Waals surface area contributed by atoms with E-state index in [4.69, 9.17) is 11.6 Å². The number of pyridine rings is 1. The Kier molecular flexibility index (Phi) is 6.45. The third-order valence-corrected chi connectivity index (χ3v) is 2.83. The highest BCUT2D eigenvalue weighted by Crippen LogP contribution is 2.10. The number of hydrogen-bond acceptors (Lipinski definition) is 4. The van der Waals surface area contributed by atoms with Crippen LogP contribution < -0.4 is 0 Å². The largest absolute Gasteiger partial charge is 0.469 e. The lowest BCUT2D eigenvalue weighted by Crippen LogP contribution is -2.36. The van der Waals surface area contributed by atoms with Gasteiger partial charge in [-0.05, 0) is 18.1 Å². The van der Waals surface area contributed by atoms with Crippen LogP contribution >= 0.6 is 11.6 Å². The van der Waals surface area contributed by atoms with Crippen molar-refractivity contribution in [1.29, 1.82) is 0 Å². The Balaban J connectivity index is 2.81. The van der Waals surface area contributed by atoms with Crippen LogP contribution in [0.2, 0.25) is 5.15 Å². The monoisotopic (exact) mass is 298 g/mol. The van der Waals surface area contributed by atoms with Gasteiger partial charge < -0.3 is 9.64 Å². The third kappa shape index (κ3) is 5.17. The number of amides is 1. The number of halogens is 1. The Bertz CT molecular complexity index is 477. The van der Waals surface area contributed by atoms with Gasteiger partial charge in [0.05, 0.1) is 13.5 Å². The zero-order valence-electron chi connectivity index (χ0n) is 11.9. The van der Waals surface area contributed by atoms with Gasteiger partial charge >= 0.3 is 5.97 Å². The zero-order chi connectivity index (χ0) is 15.1. The second-order valence-electron chi connectivity index (χ2n) is 4.82. The number of carbonyl (C=O) groups excluding carboxylic acids is 2. The highest BCUT2D eigenvalue weighted by molar-refractivity contribution is 6.29. The van der Waals surface area contributed by atoms with Crippen LogP contribution in [0, 0.1) is 5.92 Å². The topological polar surface area (TPSA) is 59.5 Å². The van der Waals surface area contributed by atoms with Crippen molar-refractivity contribution in [2.45, 2.75) is 20.3 Å². The fraction of sp³-hybridized carbons (Fsp3) is 0.500. The van der Waals surface area contributed by atoms with Crippen LogP contribution in [-0.4, -0.2) is 42.0 Å². The van der Waals surface area contributed by atoms with Gasteiger partial charge in [0.2, 0.25) is 0 Å². The normalized spacial score (nSPS) is 10.4. The molecule has 0 bridgehead atoms. The van der Waals surface area contributed by atoms with E-state index in [-0.39, 0.29) is 35.1 Å². The lowest BCUT2D eigenvalue weighted by Gasteiger charge is -2.23. The molecule has 0 aromatic carbocycles. The summed E-state index contributed by atoms with van der Waals surface area (Å²) in [5, 5.41) is 0.272. The van der Waals surface area contributed by atoms with E-state index in [0.717, 1.165) is 0 Å². The Labute approximate surface area is 123 Å². The summed E-state index contributed by atoms with van der Waals surface area (Å²) in [6, 6.07) is 4.90. The highest BCUT2D eigenvalue weighted by atomic mass is 35.5. The fourth-order valence-electron chi connectivity index (χ4n) is 1.73. The summed E-state index contributed by atoms with van der Waals surface area (Å²) in [5.41, 5.74) is 0.281. The molecular formula is C14H19ClN2O3. The van der Waals surface area contributed by atoms with Gasteiger partial charge in [0, 0.05) is 13.1 Å². The third-order valence-electron chi connectivity index (χ3n) is 2.62. The average Bonchev–Trinajstić information content (AvgIpc) is 2.41. The van der Waals surface area contributed by atoms with E-state index >= 15 is 0 Å². The first-order chi connectivity index (χ1) is 9.43. The van der Waals surface area contributed by atoms with E-state index in [9.17, 15) is 9.59 Å². The second-order valence-corrected chi connectivity index (χ2v) is 5.20. The van der Waals surface area contributed by atoms with E-state index in [2.05, 4.69) is 9.72 Å². The first-order valence-electron chi connectivity index (χ1n) is 6.42. The summed E-state index contributed by atoms with van der Waals surface area (Å²) < 4.78 is 4.60. The quantitative estimate of drug-likeness (QED) is 0.598. The van der Waals surface area contributed by atoms with Gasteiger partial charge in [-0.15, -0.1) is 0 Å². The molecule has 5 nitrogen and oxygen atoms in total. The number of esters is 1. The molecule has 0 atom stereocenters. The smallest absolute Gasteiger partial charge is 0.307 e. The molecule has 1 amide bonds. The maximum Gasteiger partial charge on any atom is 0.307 e. The molecule has 6 heteroatoms. The van der Waals surface area contributed by atoms with Gasteiger partial charge in [-0.2, -0.15) is 0 Å². The lowest BCUT2D eigenvalue weighted by molar-refractivity contribution is -0.140. The molecule has 0 N–H and O–H groups in total. The lowest BCUT2D eigenvalue weighted by atomic mass is 10.2. The number of nitrogens with zero attached hydrogens (tertiary/aromatic N) is 2. The number of hydrogen-bond donors (Lipinski definition) is 0. The Morgan fingerprint density at radius 1 is 1.40 bits per heavy atom. The van der Waals surface area contributed by atoms with Crippen LogP contribution in [0.25, 0.3) is 0 Å². The minimum atomic E-state index is -0.342. The molecule has 110 valence electrons. The molecule has 0 aliphatic carbocycles. The highest BCUT2D eigenvalue weighted by Gasteiger charge is 2.19. The van der Waals surface area contributed by atoms with Gasteiger partial charge in [0.15, 0.2) is 0 Å². The van der Waals surface area contributed by atoms with Crippen molar-refractivity contribution in [2.24, 2.45) is 5.92 Å². The Morgan fingerprint density at radius 2 is 2.10 bits per heavy atom. The Morgan fingerprint density at radius 3 is 2.65 bits per heavy atom.